The molecule has 0 saturated carbocycles. The van der Waals surface area contributed by atoms with Crippen LogP contribution in [0.2, 0.25) is 0 Å². The Morgan fingerprint density at radius 2 is 1.76 bits per heavy atom. The normalized spacial score (nSPS) is 24.8. The average molecular weight is 614 g/mol. The minimum absolute atomic E-state index is 0.0344. The number of benzene rings is 3. The van der Waals surface area contributed by atoms with Gasteiger partial charge in [0.1, 0.15) is 5.82 Å². The maximum Gasteiger partial charge on any atom is 0.251 e. The second-order valence-electron chi connectivity index (χ2n) is 13.2. The third-order valence-corrected chi connectivity index (χ3v) is 9.70. The van der Waals surface area contributed by atoms with Crippen LogP contribution in [0.15, 0.2) is 66.7 Å². The molecule has 3 saturated heterocycles. The van der Waals surface area contributed by atoms with Gasteiger partial charge in [0.05, 0.1) is 0 Å². The Hall–Kier alpha value is -3.18. The molecule has 8 nitrogen and oxygen atoms in total. The van der Waals surface area contributed by atoms with Crippen molar-refractivity contribution in [1.29, 1.82) is 0 Å². The standard InChI is InChI=1S/C36H48FN7O/c1-26-22-43(15-14-40-26)23-28-5-3-7-30(17-28)32-19-27(9-10-33(32)37)20-42-35(45)31-8-4-6-29(18-31)24-44-16-13-39-25-36(44,2)34-21-38-11-12-41-34/h3-10,17-19,26,34,38-41H,11-16,20-25H2,1-2H3,(H,42,45)/t26-,34?,36?/m0/s1. The van der Waals surface area contributed by atoms with Gasteiger partial charge in [-0.1, -0.05) is 36.4 Å². The van der Waals surface area contributed by atoms with E-state index in [0.717, 1.165) is 88.7 Å². The minimum atomic E-state index is -0.259. The van der Waals surface area contributed by atoms with Gasteiger partial charge < -0.3 is 26.6 Å². The monoisotopic (exact) mass is 613 g/mol. The molecule has 0 radical (unpaired) electrons. The van der Waals surface area contributed by atoms with Crippen molar-refractivity contribution in [3.05, 3.63) is 94.8 Å². The lowest BCUT2D eigenvalue weighted by molar-refractivity contribution is 0.0294. The van der Waals surface area contributed by atoms with E-state index < -0.39 is 0 Å². The summed E-state index contributed by atoms with van der Waals surface area (Å²) in [6, 6.07) is 22.0. The van der Waals surface area contributed by atoms with Crippen molar-refractivity contribution in [2.24, 2.45) is 0 Å². The molecule has 0 bridgehead atoms. The second kappa shape index (κ2) is 14.5. The number of amides is 1. The van der Waals surface area contributed by atoms with Crippen LogP contribution in [0.3, 0.4) is 0 Å². The van der Waals surface area contributed by atoms with E-state index in [1.165, 1.54) is 11.6 Å². The van der Waals surface area contributed by atoms with Crippen molar-refractivity contribution >= 4 is 5.91 Å². The smallest absolute Gasteiger partial charge is 0.251 e. The molecule has 0 aliphatic carbocycles. The lowest BCUT2D eigenvalue weighted by Gasteiger charge is -2.51. The first kappa shape index (κ1) is 31.8. The Kier molecular flexibility index (Phi) is 10.2. The number of hydrogen-bond donors (Lipinski definition) is 5. The lowest BCUT2D eigenvalue weighted by Crippen LogP contribution is -2.71. The first-order chi connectivity index (χ1) is 21.9. The highest BCUT2D eigenvalue weighted by Gasteiger charge is 2.41. The average Bonchev–Trinajstić information content (AvgIpc) is 3.06. The number of nitrogens with zero attached hydrogens (tertiary/aromatic N) is 2. The van der Waals surface area contributed by atoms with Crippen LogP contribution in [0, 0.1) is 5.82 Å². The van der Waals surface area contributed by atoms with Crippen molar-refractivity contribution in [2.75, 3.05) is 58.9 Å². The number of nitrogens with one attached hydrogen (secondary N) is 5. The van der Waals surface area contributed by atoms with Crippen LogP contribution in [-0.2, 0) is 19.6 Å². The van der Waals surface area contributed by atoms with Crippen LogP contribution in [0.25, 0.3) is 11.1 Å². The van der Waals surface area contributed by atoms with Crippen molar-refractivity contribution in [3.63, 3.8) is 0 Å². The number of carbonyl (C=O) groups excluding carboxylic acids is 1. The van der Waals surface area contributed by atoms with Gasteiger partial charge in [-0.15, -0.1) is 0 Å². The maximum atomic E-state index is 15.0. The van der Waals surface area contributed by atoms with Crippen LogP contribution in [0.1, 0.15) is 40.9 Å². The quantitative estimate of drug-likeness (QED) is 0.254. The molecular weight excluding hydrogens is 565 g/mol. The number of rotatable bonds is 9. The SMILES string of the molecule is C[C@H]1CN(Cc2cccc(-c3cc(CNC(=O)c4cccc(CN5CCNCC5(C)C5CNCCN5)c4)ccc3F)c2)CCN1. The van der Waals surface area contributed by atoms with E-state index in [1.54, 1.807) is 6.07 Å². The fourth-order valence-corrected chi connectivity index (χ4v) is 7.09. The second-order valence-corrected chi connectivity index (χ2v) is 13.2. The summed E-state index contributed by atoms with van der Waals surface area (Å²) in [6.45, 7) is 15.2. The summed E-state index contributed by atoms with van der Waals surface area (Å²) in [7, 11) is 0. The third kappa shape index (κ3) is 7.80. The number of carbonyl (C=O) groups is 1. The molecule has 1 amide bonds. The molecule has 0 aromatic heterocycles. The highest BCUT2D eigenvalue weighted by molar-refractivity contribution is 5.94. The largest absolute Gasteiger partial charge is 0.348 e. The van der Waals surface area contributed by atoms with Gasteiger partial charge >= 0.3 is 0 Å². The van der Waals surface area contributed by atoms with Gasteiger partial charge in [-0.05, 0) is 66.4 Å². The van der Waals surface area contributed by atoms with Gasteiger partial charge in [-0.3, -0.25) is 14.6 Å². The van der Waals surface area contributed by atoms with Gasteiger partial charge in [0, 0.05) is 107 Å². The summed E-state index contributed by atoms with van der Waals surface area (Å²) in [5.41, 5.74) is 5.18. The van der Waals surface area contributed by atoms with E-state index >= 15 is 4.39 Å². The first-order valence-electron chi connectivity index (χ1n) is 16.5. The number of piperazine rings is 3. The summed E-state index contributed by atoms with van der Waals surface area (Å²) in [4.78, 5) is 18.3. The van der Waals surface area contributed by atoms with Gasteiger partial charge in [0.15, 0.2) is 0 Å². The van der Waals surface area contributed by atoms with Crippen LogP contribution in [0.4, 0.5) is 4.39 Å². The number of hydrogen-bond acceptors (Lipinski definition) is 7. The molecule has 2 unspecified atom stereocenters. The Morgan fingerprint density at radius 3 is 2.58 bits per heavy atom. The predicted molar refractivity (Wildman–Crippen MR) is 179 cm³/mol. The molecule has 3 atom stereocenters. The van der Waals surface area contributed by atoms with Crippen molar-refractivity contribution < 1.29 is 9.18 Å². The zero-order valence-electron chi connectivity index (χ0n) is 26.7. The van der Waals surface area contributed by atoms with Gasteiger partial charge in [-0.2, -0.15) is 0 Å². The van der Waals surface area contributed by atoms with E-state index in [9.17, 15) is 4.79 Å². The summed E-state index contributed by atoms with van der Waals surface area (Å²) in [5, 5.41) is 17.4. The van der Waals surface area contributed by atoms with Crippen molar-refractivity contribution in [3.8, 4) is 11.1 Å². The topological polar surface area (TPSA) is 83.7 Å². The van der Waals surface area contributed by atoms with E-state index in [1.807, 2.05) is 36.4 Å². The molecule has 3 aliphatic rings. The molecule has 45 heavy (non-hydrogen) atoms. The zero-order chi connectivity index (χ0) is 31.2. The van der Waals surface area contributed by atoms with E-state index in [4.69, 9.17) is 0 Å². The third-order valence-electron chi connectivity index (χ3n) is 9.70. The van der Waals surface area contributed by atoms with Crippen molar-refractivity contribution in [1.82, 2.24) is 36.4 Å². The Morgan fingerprint density at radius 1 is 0.911 bits per heavy atom. The Labute approximate surface area is 267 Å². The Bertz CT molecular complexity index is 1460. The van der Waals surface area contributed by atoms with Gasteiger partial charge in [0.2, 0.25) is 0 Å². The van der Waals surface area contributed by atoms with Gasteiger partial charge in [0.25, 0.3) is 5.91 Å². The molecule has 3 aliphatic heterocycles. The van der Waals surface area contributed by atoms with Crippen molar-refractivity contribution in [2.45, 2.75) is 51.1 Å². The van der Waals surface area contributed by atoms with E-state index in [0.29, 0.717) is 29.8 Å². The fraction of sp³-hybridized carbons (Fsp3) is 0.472. The molecule has 5 N–H and O–H groups in total. The molecule has 240 valence electrons. The number of halogens is 1. The molecule has 3 heterocycles. The van der Waals surface area contributed by atoms with Crippen LogP contribution >= 0.6 is 0 Å². The Balaban J connectivity index is 1.10. The summed E-state index contributed by atoms with van der Waals surface area (Å²) < 4.78 is 15.0. The van der Waals surface area contributed by atoms with E-state index in [2.05, 4.69) is 68.4 Å². The zero-order valence-corrected chi connectivity index (χ0v) is 26.7. The molecule has 9 heteroatoms. The highest BCUT2D eigenvalue weighted by atomic mass is 19.1. The highest BCUT2D eigenvalue weighted by Crippen LogP contribution is 2.27. The molecule has 3 fully saturated rings. The van der Waals surface area contributed by atoms with E-state index in [-0.39, 0.29) is 17.3 Å². The molecule has 0 spiro atoms. The van der Waals surface area contributed by atoms with Crippen LogP contribution < -0.4 is 26.6 Å². The summed E-state index contributed by atoms with van der Waals surface area (Å²) in [6.07, 6.45) is 0. The molecule has 6 rings (SSSR count). The first-order valence-corrected chi connectivity index (χ1v) is 16.5. The van der Waals surface area contributed by atoms with Crippen LogP contribution in [0.5, 0.6) is 0 Å². The van der Waals surface area contributed by atoms with Crippen LogP contribution in [-0.4, -0.2) is 92.2 Å². The lowest BCUT2D eigenvalue weighted by atomic mass is 9.86. The predicted octanol–water partition coefficient (Wildman–Crippen LogP) is 2.94. The molecular formula is C36H48FN7O. The molecule has 3 aromatic carbocycles. The maximum absolute atomic E-state index is 15.0. The molecule has 3 aromatic rings. The fourth-order valence-electron chi connectivity index (χ4n) is 7.09. The summed E-state index contributed by atoms with van der Waals surface area (Å²) >= 11 is 0. The van der Waals surface area contributed by atoms with Gasteiger partial charge in [-0.25, -0.2) is 4.39 Å². The minimum Gasteiger partial charge on any atom is -0.348 e. The summed E-state index contributed by atoms with van der Waals surface area (Å²) in [5.74, 6) is -0.388.